The molecule has 1 N–H and O–H groups in total. The molecule has 1 aliphatic rings. The molecule has 1 saturated carbocycles. The van der Waals surface area contributed by atoms with E-state index in [-0.39, 0.29) is 0 Å². The molecule has 0 amide bonds. The molecular weight excluding hydrogens is 230 g/mol. The second-order valence-electron chi connectivity index (χ2n) is 6.26. The van der Waals surface area contributed by atoms with Crippen LogP contribution in [0.25, 0.3) is 0 Å². The summed E-state index contributed by atoms with van der Waals surface area (Å²) < 4.78 is 0. The molecule has 1 fully saturated rings. The second kappa shape index (κ2) is 6.98. The smallest absolute Gasteiger partial charge is 0.0342 e. The quantitative estimate of drug-likeness (QED) is 0.727. The Balaban J connectivity index is 1.91. The van der Waals surface area contributed by atoms with E-state index >= 15 is 0 Å². The van der Waals surface area contributed by atoms with E-state index in [4.69, 9.17) is 0 Å². The Bertz CT molecular complexity index is 362. The average molecular weight is 259 g/mol. The van der Waals surface area contributed by atoms with Crippen molar-refractivity contribution in [2.45, 2.75) is 71.3 Å². The van der Waals surface area contributed by atoms with Gasteiger partial charge in [-0.25, -0.2) is 0 Å². The summed E-state index contributed by atoms with van der Waals surface area (Å²) in [5.41, 5.74) is 2.74. The minimum Gasteiger partial charge on any atom is -0.382 e. The SMILES string of the molecule is CCC(C)c1ccc(NC(C)C2CCCCC2)cc1. The van der Waals surface area contributed by atoms with Gasteiger partial charge in [-0.15, -0.1) is 0 Å². The van der Waals surface area contributed by atoms with Crippen LogP contribution in [0.1, 0.15) is 70.8 Å². The summed E-state index contributed by atoms with van der Waals surface area (Å²) in [4.78, 5) is 0. The van der Waals surface area contributed by atoms with Crippen LogP contribution in [0.5, 0.6) is 0 Å². The summed E-state index contributed by atoms with van der Waals surface area (Å²) in [6.45, 7) is 6.90. The number of benzene rings is 1. The lowest BCUT2D eigenvalue weighted by atomic mass is 9.84. The summed E-state index contributed by atoms with van der Waals surface area (Å²) in [6, 6.07) is 9.67. The van der Waals surface area contributed by atoms with Crippen LogP contribution in [0.3, 0.4) is 0 Å². The Morgan fingerprint density at radius 2 is 1.68 bits per heavy atom. The van der Waals surface area contributed by atoms with Gasteiger partial charge in [0, 0.05) is 11.7 Å². The number of hydrogen-bond donors (Lipinski definition) is 1. The fourth-order valence-corrected chi connectivity index (χ4v) is 3.16. The van der Waals surface area contributed by atoms with Crippen LogP contribution >= 0.6 is 0 Å². The van der Waals surface area contributed by atoms with Crippen LogP contribution in [-0.4, -0.2) is 6.04 Å². The highest BCUT2D eigenvalue weighted by Gasteiger charge is 2.19. The van der Waals surface area contributed by atoms with Gasteiger partial charge >= 0.3 is 0 Å². The van der Waals surface area contributed by atoms with E-state index in [1.165, 1.54) is 49.8 Å². The van der Waals surface area contributed by atoms with Gasteiger partial charge in [-0.2, -0.15) is 0 Å². The van der Waals surface area contributed by atoms with Gasteiger partial charge in [0.15, 0.2) is 0 Å². The lowest BCUT2D eigenvalue weighted by Gasteiger charge is -2.29. The molecule has 19 heavy (non-hydrogen) atoms. The molecule has 2 rings (SSSR count). The van der Waals surface area contributed by atoms with Crippen LogP contribution < -0.4 is 5.32 Å². The Kier molecular flexibility index (Phi) is 5.30. The first-order valence-electron chi connectivity index (χ1n) is 8.07. The van der Waals surface area contributed by atoms with Crippen molar-refractivity contribution in [2.75, 3.05) is 5.32 Å². The highest BCUT2D eigenvalue weighted by molar-refractivity contribution is 5.46. The van der Waals surface area contributed by atoms with Crippen molar-refractivity contribution in [1.29, 1.82) is 0 Å². The predicted octanol–water partition coefficient (Wildman–Crippen LogP) is 5.58. The highest BCUT2D eigenvalue weighted by atomic mass is 14.9. The molecule has 0 aliphatic heterocycles. The van der Waals surface area contributed by atoms with Gasteiger partial charge in [0.2, 0.25) is 0 Å². The van der Waals surface area contributed by atoms with E-state index < -0.39 is 0 Å². The average Bonchev–Trinajstić information content (AvgIpc) is 2.48. The van der Waals surface area contributed by atoms with Gasteiger partial charge in [0.25, 0.3) is 0 Å². The number of anilines is 1. The molecule has 1 aliphatic carbocycles. The maximum atomic E-state index is 3.70. The first-order valence-corrected chi connectivity index (χ1v) is 8.07. The zero-order valence-corrected chi connectivity index (χ0v) is 12.8. The summed E-state index contributed by atoms with van der Waals surface area (Å²) in [5, 5.41) is 3.70. The third-order valence-electron chi connectivity index (χ3n) is 4.84. The molecule has 0 spiro atoms. The van der Waals surface area contributed by atoms with E-state index in [2.05, 4.69) is 50.4 Å². The summed E-state index contributed by atoms with van der Waals surface area (Å²) in [6.07, 6.45) is 8.30. The lowest BCUT2D eigenvalue weighted by molar-refractivity contribution is 0.328. The molecule has 0 radical (unpaired) electrons. The van der Waals surface area contributed by atoms with Crippen molar-refractivity contribution in [3.63, 3.8) is 0 Å². The first-order chi connectivity index (χ1) is 9.20. The molecular formula is C18H29N. The van der Waals surface area contributed by atoms with Gasteiger partial charge in [0.05, 0.1) is 0 Å². The Morgan fingerprint density at radius 1 is 1.05 bits per heavy atom. The molecule has 1 aromatic rings. The molecule has 1 aromatic carbocycles. The van der Waals surface area contributed by atoms with Crippen molar-refractivity contribution >= 4 is 5.69 Å². The Morgan fingerprint density at radius 3 is 2.26 bits per heavy atom. The predicted molar refractivity (Wildman–Crippen MR) is 84.8 cm³/mol. The lowest BCUT2D eigenvalue weighted by Crippen LogP contribution is -2.27. The Hall–Kier alpha value is -0.980. The fourth-order valence-electron chi connectivity index (χ4n) is 3.16. The van der Waals surface area contributed by atoms with Crippen molar-refractivity contribution in [1.82, 2.24) is 0 Å². The van der Waals surface area contributed by atoms with Gasteiger partial charge in [-0.1, -0.05) is 45.2 Å². The first kappa shape index (κ1) is 14.4. The van der Waals surface area contributed by atoms with Crippen molar-refractivity contribution in [2.24, 2.45) is 5.92 Å². The van der Waals surface area contributed by atoms with Crippen LogP contribution in [0.15, 0.2) is 24.3 Å². The minimum absolute atomic E-state index is 0.606. The number of hydrogen-bond acceptors (Lipinski definition) is 1. The minimum atomic E-state index is 0.606. The van der Waals surface area contributed by atoms with E-state index in [0.29, 0.717) is 12.0 Å². The third kappa shape index (κ3) is 3.99. The van der Waals surface area contributed by atoms with Gasteiger partial charge in [-0.3, -0.25) is 0 Å². The molecule has 0 saturated heterocycles. The summed E-state index contributed by atoms with van der Waals surface area (Å²) in [7, 11) is 0. The highest BCUT2D eigenvalue weighted by Crippen LogP contribution is 2.28. The monoisotopic (exact) mass is 259 g/mol. The molecule has 2 unspecified atom stereocenters. The summed E-state index contributed by atoms with van der Waals surface area (Å²) >= 11 is 0. The maximum absolute atomic E-state index is 3.70. The van der Waals surface area contributed by atoms with Crippen LogP contribution in [0.4, 0.5) is 5.69 Å². The Labute approximate surface area is 118 Å². The van der Waals surface area contributed by atoms with Crippen LogP contribution in [-0.2, 0) is 0 Å². The van der Waals surface area contributed by atoms with Gasteiger partial charge in [-0.05, 0) is 55.7 Å². The van der Waals surface area contributed by atoms with Gasteiger partial charge in [0.1, 0.15) is 0 Å². The van der Waals surface area contributed by atoms with Crippen molar-refractivity contribution in [3.8, 4) is 0 Å². The number of rotatable bonds is 5. The van der Waals surface area contributed by atoms with Crippen LogP contribution in [0, 0.1) is 5.92 Å². The van der Waals surface area contributed by atoms with E-state index in [1.54, 1.807) is 0 Å². The maximum Gasteiger partial charge on any atom is 0.0342 e. The molecule has 1 heteroatoms. The van der Waals surface area contributed by atoms with Crippen molar-refractivity contribution < 1.29 is 0 Å². The molecule has 0 aromatic heterocycles. The van der Waals surface area contributed by atoms with E-state index in [9.17, 15) is 0 Å². The molecule has 0 bridgehead atoms. The van der Waals surface area contributed by atoms with E-state index in [1.807, 2.05) is 0 Å². The molecule has 1 nitrogen and oxygen atoms in total. The topological polar surface area (TPSA) is 12.0 Å². The van der Waals surface area contributed by atoms with E-state index in [0.717, 1.165) is 5.92 Å². The largest absolute Gasteiger partial charge is 0.382 e. The second-order valence-corrected chi connectivity index (χ2v) is 6.26. The molecule has 106 valence electrons. The number of nitrogens with one attached hydrogen (secondary N) is 1. The normalized spacial score (nSPS) is 19.9. The molecule has 0 heterocycles. The zero-order valence-electron chi connectivity index (χ0n) is 12.8. The third-order valence-corrected chi connectivity index (χ3v) is 4.84. The van der Waals surface area contributed by atoms with Crippen molar-refractivity contribution in [3.05, 3.63) is 29.8 Å². The summed E-state index contributed by atoms with van der Waals surface area (Å²) in [5.74, 6) is 1.54. The van der Waals surface area contributed by atoms with Crippen LogP contribution in [0.2, 0.25) is 0 Å². The standard InChI is InChI=1S/C18H29N/c1-4-14(2)16-10-12-18(13-11-16)19-15(3)17-8-6-5-7-9-17/h10-15,17,19H,4-9H2,1-3H3. The van der Waals surface area contributed by atoms with Gasteiger partial charge < -0.3 is 5.32 Å². The molecule has 2 atom stereocenters. The fraction of sp³-hybridized carbons (Fsp3) is 0.667. The zero-order chi connectivity index (χ0) is 13.7.